The van der Waals surface area contributed by atoms with Crippen LogP contribution in [0.3, 0.4) is 0 Å². The van der Waals surface area contributed by atoms with E-state index in [9.17, 15) is 19.1 Å². The van der Waals surface area contributed by atoms with E-state index >= 15 is 0 Å². The van der Waals surface area contributed by atoms with E-state index in [4.69, 9.17) is 9.15 Å². The normalized spacial score (nSPS) is 10.7. The van der Waals surface area contributed by atoms with Crippen LogP contribution < -0.4 is 5.32 Å². The minimum Gasteiger partial charge on any atom is -0.508 e. The molecule has 3 aromatic rings. The number of phenols is 1. The van der Waals surface area contributed by atoms with Crippen molar-refractivity contribution in [3.63, 3.8) is 0 Å². The zero-order valence-corrected chi connectivity index (χ0v) is 13.9. The molecule has 0 aliphatic carbocycles. The molecule has 2 N–H and O–H groups in total. The summed E-state index contributed by atoms with van der Waals surface area (Å²) in [6.45, 7) is 1.13. The van der Waals surface area contributed by atoms with Gasteiger partial charge < -0.3 is 19.6 Å². The zero-order valence-electron chi connectivity index (χ0n) is 13.9. The van der Waals surface area contributed by atoms with Crippen LogP contribution in [0.15, 0.2) is 47.1 Å². The van der Waals surface area contributed by atoms with Gasteiger partial charge in [-0.05, 0) is 36.8 Å². The van der Waals surface area contributed by atoms with Crippen LogP contribution in [0, 0.1) is 12.7 Å². The van der Waals surface area contributed by atoms with E-state index < -0.39 is 24.3 Å². The molecular formula is C19H16FNO5. The van der Waals surface area contributed by atoms with E-state index in [0.717, 1.165) is 0 Å². The van der Waals surface area contributed by atoms with Gasteiger partial charge in [0.15, 0.2) is 6.61 Å². The second-order valence-corrected chi connectivity index (χ2v) is 5.79. The largest absolute Gasteiger partial charge is 0.508 e. The fourth-order valence-corrected chi connectivity index (χ4v) is 2.43. The molecule has 0 atom stereocenters. The maximum Gasteiger partial charge on any atom is 0.310 e. The van der Waals surface area contributed by atoms with Gasteiger partial charge in [-0.1, -0.05) is 6.07 Å². The first kappa shape index (κ1) is 17.5. The van der Waals surface area contributed by atoms with Crippen molar-refractivity contribution >= 4 is 28.5 Å². The van der Waals surface area contributed by atoms with E-state index in [1.54, 1.807) is 25.1 Å². The second-order valence-electron chi connectivity index (χ2n) is 5.79. The van der Waals surface area contributed by atoms with Gasteiger partial charge in [0, 0.05) is 22.7 Å². The summed E-state index contributed by atoms with van der Waals surface area (Å²) in [5.74, 6) is -1.54. The first-order chi connectivity index (χ1) is 12.4. The minimum atomic E-state index is -0.606. The molecule has 6 nitrogen and oxygen atoms in total. The Balaban J connectivity index is 1.54. The Morgan fingerprint density at radius 1 is 1.23 bits per heavy atom. The molecule has 0 saturated heterocycles. The van der Waals surface area contributed by atoms with Crippen molar-refractivity contribution in [1.82, 2.24) is 0 Å². The molecule has 3 rings (SSSR count). The number of ether oxygens (including phenoxy) is 1. The van der Waals surface area contributed by atoms with E-state index in [-0.39, 0.29) is 17.9 Å². The third-order valence-corrected chi connectivity index (χ3v) is 3.79. The van der Waals surface area contributed by atoms with Crippen LogP contribution >= 0.6 is 0 Å². The predicted octanol–water partition coefficient (Wildman–Crippen LogP) is 3.31. The van der Waals surface area contributed by atoms with Gasteiger partial charge in [-0.3, -0.25) is 9.59 Å². The van der Waals surface area contributed by atoms with Crippen LogP contribution in [0.1, 0.15) is 11.1 Å². The molecule has 2 aromatic carbocycles. The molecule has 0 aliphatic rings. The van der Waals surface area contributed by atoms with E-state index in [0.29, 0.717) is 22.1 Å². The summed E-state index contributed by atoms with van der Waals surface area (Å²) in [6.07, 6.45) is 1.32. The lowest BCUT2D eigenvalue weighted by atomic mass is 10.1. The summed E-state index contributed by atoms with van der Waals surface area (Å²) < 4.78 is 23.7. The number of benzene rings is 2. The van der Waals surface area contributed by atoms with Gasteiger partial charge in [0.2, 0.25) is 0 Å². The Hall–Kier alpha value is -3.35. The lowest BCUT2D eigenvalue weighted by Gasteiger charge is -2.07. The lowest BCUT2D eigenvalue weighted by Crippen LogP contribution is -2.21. The highest BCUT2D eigenvalue weighted by atomic mass is 19.1. The number of furan rings is 1. The molecule has 0 saturated carbocycles. The van der Waals surface area contributed by atoms with Crippen molar-refractivity contribution in [3.05, 3.63) is 59.6 Å². The second kappa shape index (κ2) is 7.26. The number of carbonyl (C=O) groups is 2. The Bertz CT molecular complexity index is 979. The zero-order chi connectivity index (χ0) is 18.7. The number of nitrogens with one attached hydrogen (secondary N) is 1. The summed E-state index contributed by atoms with van der Waals surface area (Å²) >= 11 is 0. The fourth-order valence-electron chi connectivity index (χ4n) is 2.43. The van der Waals surface area contributed by atoms with Crippen molar-refractivity contribution in [2.75, 3.05) is 11.9 Å². The first-order valence-electron chi connectivity index (χ1n) is 7.83. The molecule has 1 amide bonds. The number of hydrogen-bond acceptors (Lipinski definition) is 5. The quantitative estimate of drug-likeness (QED) is 0.684. The highest BCUT2D eigenvalue weighted by Crippen LogP contribution is 2.25. The van der Waals surface area contributed by atoms with Crippen LogP contribution in [0.5, 0.6) is 5.75 Å². The van der Waals surface area contributed by atoms with Crippen molar-refractivity contribution in [2.24, 2.45) is 0 Å². The molecular weight excluding hydrogens is 341 g/mol. The summed E-state index contributed by atoms with van der Waals surface area (Å²) in [6, 6.07) is 8.86. The smallest absolute Gasteiger partial charge is 0.310 e. The molecule has 0 bridgehead atoms. The summed E-state index contributed by atoms with van der Waals surface area (Å²) in [5, 5.41) is 12.5. The summed E-state index contributed by atoms with van der Waals surface area (Å²) in [7, 11) is 0. The van der Waals surface area contributed by atoms with Gasteiger partial charge in [0.25, 0.3) is 5.91 Å². The van der Waals surface area contributed by atoms with Crippen LogP contribution in [-0.2, 0) is 20.7 Å². The molecule has 134 valence electrons. The van der Waals surface area contributed by atoms with Crippen molar-refractivity contribution < 1.29 is 28.2 Å². The Morgan fingerprint density at radius 3 is 2.81 bits per heavy atom. The Kier molecular flexibility index (Phi) is 4.88. The fraction of sp³-hybridized carbons (Fsp3) is 0.158. The average Bonchev–Trinajstić information content (AvgIpc) is 2.98. The standard InChI is InChI=1S/C19H16FNO5/c1-11-2-3-13(7-16(11)20)21-18(23)10-26-19(24)6-12-9-25-17-8-14(22)4-5-15(12)17/h2-5,7-9,22H,6,10H2,1H3,(H,21,23). The number of anilines is 1. The van der Waals surface area contributed by atoms with Gasteiger partial charge in [-0.2, -0.15) is 0 Å². The molecule has 26 heavy (non-hydrogen) atoms. The molecule has 0 aliphatic heterocycles. The predicted molar refractivity (Wildman–Crippen MR) is 92.3 cm³/mol. The molecule has 7 heteroatoms. The van der Waals surface area contributed by atoms with Gasteiger partial charge >= 0.3 is 5.97 Å². The van der Waals surface area contributed by atoms with Crippen molar-refractivity contribution in [3.8, 4) is 5.75 Å². The SMILES string of the molecule is Cc1ccc(NC(=O)COC(=O)Cc2coc3cc(O)ccc23)cc1F. The summed E-state index contributed by atoms with van der Waals surface area (Å²) in [5.41, 5.74) is 1.79. The number of hydrogen-bond donors (Lipinski definition) is 2. The number of aryl methyl sites for hydroxylation is 1. The van der Waals surface area contributed by atoms with Gasteiger partial charge in [0.05, 0.1) is 12.7 Å². The number of fused-ring (bicyclic) bond motifs is 1. The van der Waals surface area contributed by atoms with Crippen LogP contribution in [-0.4, -0.2) is 23.6 Å². The molecule has 0 spiro atoms. The topological polar surface area (TPSA) is 88.8 Å². The number of aromatic hydroxyl groups is 1. The van der Waals surface area contributed by atoms with E-state index in [1.165, 1.54) is 24.5 Å². The molecule has 1 aromatic heterocycles. The van der Waals surface area contributed by atoms with Crippen LogP contribution in [0.4, 0.5) is 10.1 Å². The molecule has 0 unspecified atom stereocenters. The molecule has 0 fully saturated rings. The third kappa shape index (κ3) is 4.00. The minimum absolute atomic E-state index is 0.0604. The number of esters is 1. The van der Waals surface area contributed by atoms with Gasteiger partial charge in [0.1, 0.15) is 17.1 Å². The number of amides is 1. The average molecular weight is 357 g/mol. The summed E-state index contributed by atoms with van der Waals surface area (Å²) in [4.78, 5) is 23.7. The number of halogens is 1. The Labute approximate surface area is 148 Å². The highest BCUT2D eigenvalue weighted by Gasteiger charge is 2.14. The number of carbonyl (C=O) groups excluding carboxylic acids is 2. The van der Waals surface area contributed by atoms with E-state index in [1.807, 2.05) is 0 Å². The van der Waals surface area contributed by atoms with E-state index in [2.05, 4.69) is 5.32 Å². The maximum absolute atomic E-state index is 13.4. The first-order valence-corrected chi connectivity index (χ1v) is 7.83. The van der Waals surface area contributed by atoms with Gasteiger partial charge in [-0.15, -0.1) is 0 Å². The van der Waals surface area contributed by atoms with Crippen LogP contribution in [0.2, 0.25) is 0 Å². The number of phenolic OH excluding ortho intramolecular Hbond substituents is 1. The van der Waals surface area contributed by atoms with Crippen molar-refractivity contribution in [2.45, 2.75) is 13.3 Å². The lowest BCUT2D eigenvalue weighted by molar-refractivity contribution is -0.146. The highest BCUT2D eigenvalue weighted by molar-refractivity contribution is 5.93. The van der Waals surface area contributed by atoms with Crippen molar-refractivity contribution in [1.29, 1.82) is 0 Å². The Morgan fingerprint density at radius 2 is 2.04 bits per heavy atom. The molecule has 0 radical (unpaired) electrons. The monoisotopic (exact) mass is 357 g/mol. The van der Waals surface area contributed by atoms with Crippen LogP contribution in [0.25, 0.3) is 11.0 Å². The number of rotatable bonds is 5. The molecule has 1 heterocycles. The van der Waals surface area contributed by atoms with Gasteiger partial charge in [-0.25, -0.2) is 4.39 Å². The maximum atomic E-state index is 13.4. The third-order valence-electron chi connectivity index (χ3n) is 3.79.